The molecule has 1 aliphatic rings. The van der Waals surface area contributed by atoms with E-state index in [-0.39, 0.29) is 17.9 Å². The number of hydrogen-bond acceptors (Lipinski definition) is 5. The number of benzene rings is 1. The average Bonchev–Trinajstić information content (AvgIpc) is 2.95. The van der Waals surface area contributed by atoms with E-state index in [0.717, 1.165) is 5.75 Å². The summed E-state index contributed by atoms with van der Waals surface area (Å²) in [6, 6.07) is 9.68. The Morgan fingerprint density at radius 2 is 2.26 bits per heavy atom. The molecule has 0 amide bonds. The largest absolute Gasteiger partial charge is 0.490 e. The number of fused-ring (bicyclic) bond motifs is 1. The van der Waals surface area contributed by atoms with Crippen LogP contribution in [0, 0.1) is 10.1 Å². The molecule has 7 nitrogen and oxygen atoms in total. The molecule has 0 N–H and O–H groups in total. The summed E-state index contributed by atoms with van der Waals surface area (Å²) >= 11 is 0. The van der Waals surface area contributed by atoms with Crippen molar-refractivity contribution in [2.24, 2.45) is 0 Å². The van der Waals surface area contributed by atoms with Crippen molar-refractivity contribution in [3.05, 3.63) is 46.6 Å². The Balaban J connectivity index is 1.59. The van der Waals surface area contributed by atoms with Crippen molar-refractivity contribution in [2.45, 2.75) is 12.6 Å². The number of nitrogens with zero attached hydrogens (tertiary/aromatic N) is 3. The maximum atomic E-state index is 10.5. The molecular formula is C12H11N3O4. The van der Waals surface area contributed by atoms with E-state index in [4.69, 9.17) is 9.47 Å². The average molecular weight is 261 g/mol. The first-order valence-electron chi connectivity index (χ1n) is 5.78. The van der Waals surface area contributed by atoms with Crippen LogP contribution in [-0.2, 0) is 6.54 Å². The summed E-state index contributed by atoms with van der Waals surface area (Å²) in [7, 11) is 0. The molecule has 1 atom stereocenters. The summed E-state index contributed by atoms with van der Waals surface area (Å²) in [5.74, 6) is 0.569. The number of nitro groups is 1. The van der Waals surface area contributed by atoms with Crippen LogP contribution in [0.25, 0.3) is 0 Å². The zero-order valence-corrected chi connectivity index (χ0v) is 9.93. The molecule has 98 valence electrons. The SMILES string of the molecule is O=[N+]([O-])c1cn2c(n1)O[C@H](COc1ccccc1)C2. The van der Waals surface area contributed by atoms with Crippen molar-refractivity contribution in [1.29, 1.82) is 0 Å². The van der Waals surface area contributed by atoms with Crippen molar-refractivity contribution in [3.8, 4) is 11.8 Å². The van der Waals surface area contributed by atoms with E-state index >= 15 is 0 Å². The van der Waals surface area contributed by atoms with E-state index in [9.17, 15) is 10.1 Å². The van der Waals surface area contributed by atoms with Crippen LogP contribution in [0.1, 0.15) is 0 Å². The van der Waals surface area contributed by atoms with Gasteiger partial charge in [-0.2, -0.15) is 0 Å². The molecule has 0 saturated carbocycles. The molecule has 7 heteroatoms. The molecule has 0 unspecified atom stereocenters. The van der Waals surface area contributed by atoms with Crippen LogP contribution in [0.5, 0.6) is 11.8 Å². The number of imidazole rings is 1. The van der Waals surface area contributed by atoms with Gasteiger partial charge in [0.25, 0.3) is 0 Å². The number of rotatable bonds is 4. The predicted molar refractivity (Wildman–Crippen MR) is 65.2 cm³/mol. The molecule has 0 radical (unpaired) electrons. The predicted octanol–water partition coefficient (Wildman–Crippen LogP) is 1.63. The summed E-state index contributed by atoms with van der Waals surface area (Å²) < 4.78 is 12.7. The van der Waals surface area contributed by atoms with Gasteiger partial charge in [0.15, 0.2) is 6.10 Å². The fourth-order valence-electron chi connectivity index (χ4n) is 1.90. The monoisotopic (exact) mass is 261 g/mol. The van der Waals surface area contributed by atoms with E-state index in [1.165, 1.54) is 6.20 Å². The van der Waals surface area contributed by atoms with Gasteiger partial charge in [0.1, 0.15) is 18.6 Å². The van der Waals surface area contributed by atoms with Crippen LogP contribution in [0.4, 0.5) is 5.82 Å². The third-order valence-corrected chi connectivity index (χ3v) is 2.77. The molecule has 0 bridgehead atoms. The van der Waals surface area contributed by atoms with E-state index in [0.29, 0.717) is 13.2 Å². The highest BCUT2D eigenvalue weighted by atomic mass is 16.6. The maximum Gasteiger partial charge on any atom is 0.414 e. The standard InChI is InChI=1S/C12H11N3O4/c16-15(17)11-7-14-6-10(19-12(14)13-11)8-18-9-4-2-1-3-5-9/h1-5,7,10H,6,8H2/t10-/m0/s1. The highest BCUT2D eigenvalue weighted by molar-refractivity contribution is 5.23. The smallest absolute Gasteiger partial charge is 0.414 e. The molecule has 0 spiro atoms. The Morgan fingerprint density at radius 1 is 1.47 bits per heavy atom. The summed E-state index contributed by atoms with van der Waals surface area (Å²) in [4.78, 5) is 13.8. The molecule has 2 heterocycles. The lowest BCUT2D eigenvalue weighted by molar-refractivity contribution is -0.389. The lowest BCUT2D eigenvalue weighted by Crippen LogP contribution is -2.23. The number of aromatic nitrogens is 2. The molecule has 3 rings (SSSR count). The second-order valence-electron chi connectivity index (χ2n) is 4.16. The van der Waals surface area contributed by atoms with Crippen molar-refractivity contribution in [2.75, 3.05) is 6.61 Å². The van der Waals surface area contributed by atoms with Crippen LogP contribution >= 0.6 is 0 Å². The number of hydrogen-bond donors (Lipinski definition) is 0. The van der Waals surface area contributed by atoms with Crippen LogP contribution in [0.2, 0.25) is 0 Å². The Morgan fingerprint density at radius 3 is 2.95 bits per heavy atom. The fourth-order valence-corrected chi connectivity index (χ4v) is 1.90. The highest BCUT2D eigenvalue weighted by Gasteiger charge is 2.31. The molecule has 2 aromatic rings. The van der Waals surface area contributed by atoms with Crippen LogP contribution in [0.3, 0.4) is 0 Å². The van der Waals surface area contributed by atoms with Gasteiger partial charge in [0.05, 0.1) is 6.54 Å². The first kappa shape index (κ1) is 11.5. The van der Waals surface area contributed by atoms with Gasteiger partial charge < -0.3 is 19.6 Å². The lowest BCUT2D eigenvalue weighted by atomic mass is 10.3. The molecule has 1 aromatic carbocycles. The molecule has 1 aliphatic heterocycles. The third kappa shape index (κ3) is 2.35. The van der Waals surface area contributed by atoms with Crippen LogP contribution in [0.15, 0.2) is 36.5 Å². The molecular weight excluding hydrogens is 250 g/mol. The zero-order chi connectivity index (χ0) is 13.2. The zero-order valence-electron chi connectivity index (χ0n) is 9.93. The van der Waals surface area contributed by atoms with Gasteiger partial charge in [0.2, 0.25) is 0 Å². The topological polar surface area (TPSA) is 79.4 Å². The van der Waals surface area contributed by atoms with Crippen LogP contribution < -0.4 is 9.47 Å². The minimum Gasteiger partial charge on any atom is -0.490 e. The van der Waals surface area contributed by atoms with Crippen LogP contribution in [-0.4, -0.2) is 27.2 Å². The number of ether oxygens (including phenoxy) is 2. The first-order chi connectivity index (χ1) is 9.22. The van der Waals surface area contributed by atoms with E-state index in [1.807, 2.05) is 30.3 Å². The maximum absolute atomic E-state index is 10.5. The van der Waals surface area contributed by atoms with Gasteiger partial charge in [-0.1, -0.05) is 18.2 Å². The molecule has 19 heavy (non-hydrogen) atoms. The van der Waals surface area contributed by atoms with Crippen molar-refractivity contribution in [1.82, 2.24) is 9.55 Å². The Bertz CT molecular complexity index is 573. The molecule has 1 aromatic heterocycles. The van der Waals surface area contributed by atoms with E-state index < -0.39 is 4.92 Å². The summed E-state index contributed by atoms with van der Waals surface area (Å²) in [6.45, 7) is 0.879. The fraction of sp³-hybridized carbons (Fsp3) is 0.250. The highest BCUT2D eigenvalue weighted by Crippen LogP contribution is 2.25. The Kier molecular flexibility index (Phi) is 2.79. The minimum absolute atomic E-state index is 0.177. The second kappa shape index (κ2) is 4.60. The van der Waals surface area contributed by atoms with Crippen molar-refractivity contribution in [3.63, 3.8) is 0 Å². The quantitative estimate of drug-likeness (QED) is 0.617. The van der Waals surface area contributed by atoms with Gasteiger partial charge >= 0.3 is 11.8 Å². The second-order valence-corrected chi connectivity index (χ2v) is 4.16. The van der Waals surface area contributed by atoms with Gasteiger partial charge in [-0.3, -0.25) is 4.57 Å². The normalized spacial score (nSPS) is 16.7. The first-order valence-corrected chi connectivity index (χ1v) is 5.78. The minimum atomic E-state index is -0.538. The third-order valence-electron chi connectivity index (χ3n) is 2.77. The summed E-state index contributed by atoms with van der Waals surface area (Å²) in [6.07, 6.45) is 1.20. The van der Waals surface area contributed by atoms with Gasteiger partial charge in [0, 0.05) is 4.98 Å². The van der Waals surface area contributed by atoms with E-state index in [2.05, 4.69) is 4.98 Å². The van der Waals surface area contributed by atoms with Crippen molar-refractivity contribution < 1.29 is 14.4 Å². The number of para-hydroxylation sites is 1. The Labute approximate surface area is 108 Å². The van der Waals surface area contributed by atoms with Crippen molar-refractivity contribution >= 4 is 5.82 Å². The Hall–Kier alpha value is -2.57. The van der Waals surface area contributed by atoms with Gasteiger partial charge in [-0.05, 0) is 17.1 Å². The van der Waals surface area contributed by atoms with Gasteiger partial charge in [-0.25, -0.2) is 0 Å². The summed E-state index contributed by atoms with van der Waals surface area (Å²) in [5, 5.41) is 10.5. The molecule has 0 fully saturated rings. The van der Waals surface area contributed by atoms with Gasteiger partial charge in [-0.15, -0.1) is 0 Å². The molecule has 0 aliphatic carbocycles. The summed E-state index contributed by atoms with van der Waals surface area (Å²) in [5.41, 5.74) is 0. The molecule has 0 saturated heterocycles. The lowest BCUT2D eigenvalue weighted by Gasteiger charge is -2.10. The van der Waals surface area contributed by atoms with E-state index in [1.54, 1.807) is 4.57 Å².